The molecule has 1 aromatic carbocycles. The molecule has 0 aliphatic heterocycles. The Morgan fingerprint density at radius 2 is 1.78 bits per heavy atom. The van der Waals surface area contributed by atoms with Crippen LogP contribution in [0.15, 0.2) is 24.3 Å². The molecule has 3 N–H and O–H groups in total. The number of esters is 1. The zero-order chi connectivity index (χ0) is 23.6. The maximum atomic E-state index is 12.5. The molecule has 3 aromatic rings. The van der Waals surface area contributed by atoms with Crippen LogP contribution in [-0.4, -0.2) is 47.9 Å². The summed E-state index contributed by atoms with van der Waals surface area (Å²) < 4.78 is 5.17. The Morgan fingerprint density at radius 3 is 2.44 bits per heavy atom. The van der Waals surface area contributed by atoms with Gasteiger partial charge in [0.05, 0.1) is 12.2 Å². The van der Waals surface area contributed by atoms with Crippen molar-refractivity contribution in [3.63, 3.8) is 0 Å². The fourth-order valence-electron chi connectivity index (χ4n) is 3.42. The molecule has 0 aliphatic carbocycles. The number of aromatic nitrogens is 1. The van der Waals surface area contributed by atoms with Gasteiger partial charge in [-0.1, -0.05) is 18.2 Å². The van der Waals surface area contributed by atoms with Gasteiger partial charge in [0.1, 0.15) is 9.71 Å². The number of nitrogens with two attached hydrogens (primary N) is 1. The molecule has 2 aromatic heterocycles. The summed E-state index contributed by atoms with van der Waals surface area (Å²) in [6.07, 6.45) is 0. The number of aryl methyl sites for hydroxylation is 4. The van der Waals surface area contributed by atoms with E-state index in [2.05, 4.69) is 10.3 Å². The van der Waals surface area contributed by atoms with Crippen LogP contribution >= 0.6 is 11.3 Å². The molecule has 0 bridgehead atoms. The number of nitrogens with zero attached hydrogens (tertiary/aromatic N) is 2. The number of pyridine rings is 1. The average molecular weight is 455 g/mol. The summed E-state index contributed by atoms with van der Waals surface area (Å²) >= 11 is 1.14. The number of fused-ring (bicyclic) bond motifs is 1. The van der Waals surface area contributed by atoms with Crippen LogP contribution in [0.3, 0.4) is 0 Å². The van der Waals surface area contributed by atoms with E-state index in [0.29, 0.717) is 10.5 Å². The molecule has 0 aliphatic rings. The van der Waals surface area contributed by atoms with E-state index >= 15 is 0 Å². The summed E-state index contributed by atoms with van der Waals surface area (Å²) in [4.78, 5) is 43.8. The number of carbonyl (C=O) groups excluding carboxylic acids is 3. The molecule has 9 heteroatoms. The Balaban J connectivity index is 1.60. The number of para-hydroxylation sites is 1. The number of thiophene rings is 1. The summed E-state index contributed by atoms with van der Waals surface area (Å²) in [7, 11) is 1.48. The van der Waals surface area contributed by atoms with E-state index in [4.69, 9.17) is 10.5 Å². The normalized spacial score (nSPS) is 10.8. The second kappa shape index (κ2) is 9.35. The van der Waals surface area contributed by atoms with Gasteiger partial charge < -0.3 is 20.7 Å². The van der Waals surface area contributed by atoms with E-state index in [1.165, 1.54) is 11.9 Å². The average Bonchev–Trinajstić information content (AvgIpc) is 3.05. The van der Waals surface area contributed by atoms with Gasteiger partial charge in [0, 0.05) is 23.8 Å². The van der Waals surface area contributed by atoms with Crippen LogP contribution in [0, 0.1) is 27.7 Å². The van der Waals surface area contributed by atoms with Gasteiger partial charge in [-0.25, -0.2) is 9.78 Å². The van der Waals surface area contributed by atoms with Crippen molar-refractivity contribution in [3.05, 3.63) is 51.5 Å². The van der Waals surface area contributed by atoms with E-state index in [0.717, 1.165) is 44.8 Å². The lowest BCUT2D eigenvalue weighted by atomic mass is 10.1. The Kier molecular flexibility index (Phi) is 6.78. The van der Waals surface area contributed by atoms with Crippen LogP contribution in [0.5, 0.6) is 0 Å². The predicted molar refractivity (Wildman–Crippen MR) is 126 cm³/mol. The third-order valence-electron chi connectivity index (χ3n) is 5.09. The van der Waals surface area contributed by atoms with E-state index in [1.807, 2.05) is 52.0 Å². The first kappa shape index (κ1) is 23.2. The molecule has 2 amide bonds. The highest BCUT2D eigenvalue weighted by Gasteiger charge is 2.22. The molecule has 168 valence electrons. The first-order valence-electron chi connectivity index (χ1n) is 10.0. The van der Waals surface area contributed by atoms with Gasteiger partial charge in [-0.3, -0.25) is 9.59 Å². The number of hydrogen-bond donors (Lipinski definition) is 2. The Hall–Kier alpha value is -3.46. The maximum Gasteiger partial charge on any atom is 0.351 e. The third kappa shape index (κ3) is 4.88. The minimum Gasteiger partial charge on any atom is -0.451 e. The SMILES string of the molecule is Cc1cc(C)c2c(N)c(C(=O)OCC(=O)N(C)CC(=O)Nc3c(C)cccc3C)sc2n1. The van der Waals surface area contributed by atoms with Gasteiger partial charge in [0.15, 0.2) is 6.61 Å². The lowest BCUT2D eigenvalue weighted by Gasteiger charge is -2.18. The number of nitrogen functional groups attached to an aromatic ring is 1. The van der Waals surface area contributed by atoms with Crippen molar-refractivity contribution in [2.75, 3.05) is 31.2 Å². The molecule has 0 unspecified atom stereocenters. The lowest BCUT2D eigenvalue weighted by molar-refractivity contribution is -0.136. The molecule has 2 heterocycles. The Labute approximate surface area is 190 Å². The van der Waals surface area contributed by atoms with Crippen molar-refractivity contribution in [2.24, 2.45) is 0 Å². The van der Waals surface area contributed by atoms with Crippen molar-refractivity contribution in [3.8, 4) is 0 Å². The molecule has 0 saturated carbocycles. The van der Waals surface area contributed by atoms with E-state index in [9.17, 15) is 14.4 Å². The summed E-state index contributed by atoms with van der Waals surface area (Å²) in [5, 5.41) is 3.55. The molecule has 0 fully saturated rings. The van der Waals surface area contributed by atoms with Crippen LogP contribution < -0.4 is 11.1 Å². The molecule has 0 spiro atoms. The highest BCUT2D eigenvalue weighted by Crippen LogP contribution is 2.35. The molecule has 0 atom stereocenters. The first-order valence-corrected chi connectivity index (χ1v) is 10.8. The number of rotatable bonds is 6. The molecular weight excluding hydrogens is 428 g/mol. The Morgan fingerprint density at radius 1 is 1.12 bits per heavy atom. The van der Waals surface area contributed by atoms with Crippen LogP contribution in [0.2, 0.25) is 0 Å². The zero-order valence-corrected chi connectivity index (χ0v) is 19.6. The number of hydrogen-bond acceptors (Lipinski definition) is 7. The molecule has 0 radical (unpaired) electrons. The van der Waals surface area contributed by atoms with Crippen LogP contribution in [0.1, 0.15) is 32.1 Å². The standard InChI is InChI=1S/C23H26N4O4S/c1-12-7-6-8-13(2)20(12)26-16(28)10-27(5)17(29)11-31-23(30)21-19(24)18-14(3)9-15(4)25-22(18)32-21/h6-9H,10-11,24H2,1-5H3,(H,26,28). The van der Waals surface area contributed by atoms with Gasteiger partial charge >= 0.3 is 5.97 Å². The number of likely N-dealkylation sites (N-methyl/N-ethyl adjacent to an activating group) is 1. The molecular formula is C23H26N4O4S. The summed E-state index contributed by atoms with van der Waals surface area (Å²) in [5.74, 6) is -1.53. The summed E-state index contributed by atoms with van der Waals surface area (Å²) in [5.41, 5.74) is 10.8. The highest BCUT2D eigenvalue weighted by atomic mass is 32.1. The lowest BCUT2D eigenvalue weighted by Crippen LogP contribution is -2.37. The first-order chi connectivity index (χ1) is 15.1. The second-order valence-electron chi connectivity index (χ2n) is 7.75. The quantitative estimate of drug-likeness (QED) is 0.552. The second-order valence-corrected chi connectivity index (χ2v) is 8.75. The fraction of sp³-hybridized carbons (Fsp3) is 0.304. The number of benzene rings is 1. The van der Waals surface area contributed by atoms with Crippen LogP contribution in [0.4, 0.5) is 11.4 Å². The van der Waals surface area contributed by atoms with Crippen molar-refractivity contribution in [1.29, 1.82) is 0 Å². The van der Waals surface area contributed by atoms with Crippen molar-refractivity contribution in [2.45, 2.75) is 27.7 Å². The molecule has 8 nitrogen and oxygen atoms in total. The minimum absolute atomic E-state index is 0.169. The monoisotopic (exact) mass is 454 g/mol. The number of carbonyl (C=O) groups is 3. The number of ether oxygens (including phenoxy) is 1. The smallest absolute Gasteiger partial charge is 0.351 e. The Bertz CT molecular complexity index is 1200. The zero-order valence-electron chi connectivity index (χ0n) is 18.7. The number of amides is 2. The summed E-state index contributed by atoms with van der Waals surface area (Å²) in [6, 6.07) is 7.60. The predicted octanol–water partition coefficient (Wildman–Crippen LogP) is 3.37. The van der Waals surface area contributed by atoms with Gasteiger partial charge in [-0.15, -0.1) is 11.3 Å². The highest BCUT2D eigenvalue weighted by molar-refractivity contribution is 7.21. The molecule has 3 rings (SSSR count). The number of nitrogens with one attached hydrogen (secondary N) is 1. The summed E-state index contributed by atoms with van der Waals surface area (Å²) in [6.45, 7) is 6.90. The number of anilines is 2. The molecule has 0 saturated heterocycles. The minimum atomic E-state index is -0.690. The van der Waals surface area contributed by atoms with E-state index in [-0.39, 0.29) is 17.3 Å². The van der Waals surface area contributed by atoms with Crippen molar-refractivity contribution in [1.82, 2.24) is 9.88 Å². The van der Waals surface area contributed by atoms with Gasteiger partial charge in [0.2, 0.25) is 5.91 Å². The van der Waals surface area contributed by atoms with E-state index in [1.54, 1.807) is 0 Å². The fourth-order valence-corrected chi connectivity index (χ4v) is 4.53. The third-order valence-corrected chi connectivity index (χ3v) is 6.17. The largest absolute Gasteiger partial charge is 0.451 e. The van der Waals surface area contributed by atoms with Crippen molar-refractivity contribution < 1.29 is 19.1 Å². The van der Waals surface area contributed by atoms with Crippen LogP contribution in [-0.2, 0) is 14.3 Å². The van der Waals surface area contributed by atoms with Crippen molar-refractivity contribution >= 4 is 50.7 Å². The van der Waals surface area contributed by atoms with Gasteiger partial charge in [-0.2, -0.15) is 0 Å². The maximum absolute atomic E-state index is 12.5. The van der Waals surface area contributed by atoms with Gasteiger partial charge in [-0.05, 0) is 50.5 Å². The topological polar surface area (TPSA) is 115 Å². The van der Waals surface area contributed by atoms with Crippen LogP contribution in [0.25, 0.3) is 10.2 Å². The molecule has 32 heavy (non-hydrogen) atoms. The van der Waals surface area contributed by atoms with E-state index < -0.39 is 18.5 Å². The van der Waals surface area contributed by atoms with Gasteiger partial charge in [0.25, 0.3) is 5.91 Å².